The van der Waals surface area contributed by atoms with Crippen molar-refractivity contribution >= 4 is 0 Å². The standard InChI is InChI=1S/C13H27NO/c1-5-10-14(3)11-9-13(2)8-6-7-12-15-4/h2,5-12H2,1,3-4H3. The van der Waals surface area contributed by atoms with Crippen LogP contribution in [0.5, 0.6) is 0 Å². The maximum atomic E-state index is 5.02. The van der Waals surface area contributed by atoms with Crippen LogP contribution in [0.4, 0.5) is 0 Å². The third kappa shape index (κ3) is 9.95. The molecule has 15 heavy (non-hydrogen) atoms. The fraction of sp³-hybridized carbons (Fsp3) is 0.846. The monoisotopic (exact) mass is 213 g/mol. The number of hydrogen-bond acceptors (Lipinski definition) is 2. The molecule has 2 heteroatoms. The fourth-order valence-corrected chi connectivity index (χ4v) is 1.59. The van der Waals surface area contributed by atoms with E-state index in [-0.39, 0.29) is 0 Å². The average molecular weight is 213 g/mol. The number of hydrogen-bond donors (Lipinski definition) is 0. The van der Waals surface area contributed by atoms with Gasteiger partial charge in [-0.05, 0) is 45.7 Å². The Hall–Kier alpha value is -0.340. The lowest BCUT2D eigenvalue weighted by Gasteiger charge is -2.16. The van der Waals surface area contributed by atoms with Gasteiger partial charge in [0.1, 0.15) is 0 Å². The normalized spacial score (nSPS) is 10.9. The fourth-order valence-electron chi connectivity index (χ4n) is 1.59. The lowest BCUT2D eigenvalue weighted by atomic mass is 10.1. The molecule has 0 fully saturated rings. The number of nitrogens with zero attached hydrogens (tertiary/aromatic N) is 1. The quantitative estimate of drug-likeness (QED) is 0.408. The smallest absolute Gasteiger partial charge is 0.0462 e. The number of ether oxygens (including phenoxy) is 1. The Morgan fingerprint density at radius 3 is 2.53 bits per heavy atom. The molecule has 2 nitrogen and oxygen atoms in total. The minimum atomic E-state index is 0.878. The highest BCUT2D eigenvalue weighted by atomic mass is 16.5. The summed E-state index contributed by atoms with van der Waals surface area (Å²) in [5.41, 5.74) is 1.38. The molecule has 0 heterocycles. The van der Waals surface area contributed by atoms with Gasteiger partial charge in [0.15, 0.2) is 0 Å². The highest BCUT2D eigenvalue weighted by molar-refractivity contribution is 4.94. The van der Waals surface area contributed by atoms with Gasteiger partial charge in [-0.25, -0.2) is 0 Å². The third-order valence-electron chi connectivity index (χ3n) is 2.58. The molecule has 0 saturated carbocycles. The minimum absolute atomic E-state index is 0.878. The largest absolute Gasteiger partial charge is 0.385 e. The second-order valence-corrected chi connectivity index (χ2v) is 4.25. The molecule has 0 atom stereocenters. The molecule has 0 aromatic heterocycles. The lowest BCUT2D eigenvalue weighted by Crippen LogP contribution is -2.20. The summed E-state index contributed by atoms with van der Waals surface area (Å²) in [5.74, 6) is 0. The summed E-state index contributed by atoms with van der Waals surface area (Å²) in [5, 5.41) is 0. The zero-order valence-electron chi connectivity index (χ0n) is 10.7. The predicted octanol–water partition coefficient (Wildman–Crippen LogP) is 3.09. The second kappa shape index (κ2) is 10.2. The Morgan fingerprint density at radius 2 is 1.93 bits per heavy atom. The zero-order chi connectivity index (χ0) is 11.5. The van der Waals surface area contributed by atoms with Crippen LogP contribution in [0.15, 0.2) is 12.2 Å². The molecule has 0 radical (unpaired) electrons. The van der Waals surface area contributed by atoms with Crippen molar-refractivity contribution in [1.82, 2.24) is 4.90 Å². The van der Waals surface area contributed by atoms with E-state index in [0.717, 1.165) is 32.4 Å². The molecule has 0 aromatic rings. The van der Waals surface area contributed by atoms with E-state index in [0.29, 0.717) is 0 Å². The molecule has 0 spiro atoms. The Bertz CT molecular complexity index is 157. The van der Waals surface area contributed by atoms with E-state index in [1.54, 1.807) is 7.11 Å². The molecule has 0 aliphatic rings. The van der Waals surface area contributed by atoms with Crippen molar-refractivity contribution in [3.63, 3.8) is 0 Å². The van der Waals surface area contributed by atoms with E-state index in [1.807, 2.05) is 0 Å². The Kier molecular flexibility index (Phi) is 9.96. The molecule has 0 unspecified atom stereocenters. The molecule has 0 aromatic carbocycles. The van der Waals surface area contributed by atoms with E-state index in [1.165, 1.54) is 25.0 Å². The van der Waals surface area contributed by atoms with Crippen LogP contribution < -0.4 is 0 Å². The summed E-state index contributed by atoms with van der Waals surface area (Å²) in [6, 6.07) is 0. The van der Waals surface area contributed by atoms with Crippen molar-refractivity contribution in [2.75, 3.05) is 33.9 Å². The second-order valence-electron chi connectivity index (χ2n) is 4.25. The molecule has 90 valence electrons. The van der Waals surface area contributed by atoms with E-state index in [2.05, 4.69) is 25.5 Å². The van der Waals surface area contributed by atoms with Gasteiger partial charge in [-0.2, -0.15) is 0 Å². The first kappa shape index (κ1) is 14.7. The van der Waals surface area contributed by atoms with Crippen LogP contribution in [0.2, 0.25) is 0 Å². The summed E-state index contributed by atoms with van der Waals surface area (Å²) < 4.78 is 5.02. The topological polar surface area (TPSA) is 12.5 Å². The lowest BCUT2D eigenvalue weighted by molar-refractivity contribution is 0.193. The first-order valence-electron chi connectivity index (χ1n) is 6.04. The minimum Gasteiger partial charge on any atom is -0.385 e. The summed E-state index contributed by atoms with van der Waals surface area (Å²) >= 11 is 0. The van der Waals surface area contributed by atoms with Crippen molar-refractivity contribution in [1.29, 1.82) is 0 Å². The number of unbranched alkanes of at least 4 members (excludes halogenated alkanes) is 1. The molecule has 0 saturated heterocycles. The van der Waals surface area contributed by atoms with Crippen molar-refractivity contribution in [2.24, 2.45) is 0 Å². The van der Waals surface area contributed by atoms with Crippen molar-refractivity contribution in [2.45, 2.75) is 39.0 Å². The van der Waals surface area contributed by atoms with Gasteiger partial charge < -0.3 is 9.64 Å². The van der Waals surface area contributed by atoms with Crippen LogP contribution in [-0.2, 0) is 4.74 Å². The van der Waals surface area contributed by atoms with Crippen molar-refractivity contribution in [3.8, 4) is 0 Å². The predicted molar refractivity (Wildman–Crippen MR) is 67.3 cm³/mol. The maximum Gasteiger partial charge on any atom is 0.0462 e. The maximum absolute atomic E-state index is 5.02. The molecular formula is C13H27NO. The molecule has 0 N–H and O–H groups in total. The van der Waals surface area contributed by atoms with Gasteiger partial charge in [0.05, 0.1) is 0 Å². The molecule has 0 aliphatic carbocycles. The number of methoxy groups -OCH3 is 1. The van der Waals surface area contributed by atoms with Crippen LogP contribution in [0.25, 0.3) is 0 Å². The Balaban J connectivity index is 3.32. The van der Waals surface area contributed by atoms with Gasteiger partial charge in [0.25, 0.3) is 0 Å². The summed E-state index contributed by atoms with van der Waals surface area (Å²) in [6.07, 6.45) is 5.90. The van der Waals surface area contributed by atoms with Crippen LogP contribution >= 0.6 is 0 Å². The van der Waals surface area contributed by atoms with Crippen LogP contribution in [0, 0.1) is 0 Å². The van der Waals surface area contributed by atoms with Crippen molar-refractivity contribution < 1.29 is 4.74 Å². The van der Waals surface area contributed by atoms with E-state index in [4.69, 9.17) is 4.74 Å². The highest BCUT2D eigenvalue weighted by Gasteiger charge is 1.99. The van der Waals surface area contributed by atoms with Crippen LogP contribution in [-0.4, -0.2) is 38.8 Å². The van der Waals surface area contributed by atoms with Gasteiger partial charge in [0.2, 0.25) is 0 Å². The van der Waals surface area contributed by atoms with Crippen LogP contribution in [0.3, 0.4) is 0 Å². The molecular weight excluding hydrogens is 186 g/mol. The van der Waals surface area contributed by atoms with E-state index in [9.17, 15) is 0 Å². The first-order valence-corrected chi connectivity index (χ1v) is 6.04. The molecule has 0 rings (SSSR count). The van der Waals surface area contributed by atoms with Gasteiger partial charge in [-0.15, -0.1) is 0 Å². The van der Waals surface area contributed by atoms with E-state index >= 15 is 0 Å². The van der Waals surface area contributed by atoms with Gasteiger partial charge in [0, 0.05) is 20.3 Å². The first-order chi connectivity index (χ1) is 7.20. The molecule has 0 bridgehead atoms. The summed E-state index contributed by atoms with van der Waals surface area (Å²) in [6.45, 7) is 9.55. The Labute approximate surface area is 95.3 Å². The summed E-state index contributed by atoms with van der Waals surface area (Å²) in [4.78, 5) is 2.38. The zero-order valence-corrected chi connectivity index (χ0v) is 10.7. The third-order valence-corrected chi connectivity index (χ3v) is 2.58. The van der Waals surface area contributed by atoms with E-state index < -0.39 is 0 Å². The average Bonchev–Trinajstić information content (AvgIpc) is 2.22. The van der Waals surface area contributed by atoms with Gasteiger partial charge in [-0.1, -0.05) is 19.1 Å². The van der Waals surface area contributed by atoms with Crippen LogP contribution in [0.1, 0.15) is 39.0 Å². The number of rotatable bonds is 10. The molecule has 0 amide bonds. The van der Waals surface area contributed by atoms with Crippen molar-refractivity contribution in [3.05, 3.63) is 12.2 Å². The van der Waals surface area contributed by atoms with Gasteiger partial charge in [-0.3, -0.25) is 0 Å². The molecule has 0 aliphatic heterocycles. The summed E-state index contributed by atoms with van der Waals surface area (Å²) in [7, 11) is 3.94. The Morgan fingerprint density at radius 1 is 1.20 bits per heavy atom. The van der Waals surface area contributed by atoms with Gasteiger partial charge >= 0.3 is 0 Å². The highest BCUT2D eigenvalue weighted by Crippen LogP contribution is 2.09. The SMILES string of the molecule is C=C(CCCCOC)CCN(C)CCC.